The van der Waals surface area contributed by atoms with Crippen LogP contribution in [-0.2, 0) is 9.47 Å². The number of ether oxygens (including phenoxy) is 2. The topological polar surface area (TPSA) is 48.4 Å². The van der Waals surface area contributed by atoms with Crippen LogP contribution in [0.5, 0.6) is 0 Å². The first-order valence-electron chi connectivity index (χ1n) is 5.25. The third-order valence-corrected chi connectivity index (χ3v) is 3.14. The van der Waals surface area contributed by atoms with Gasteiger partial charge in [-0.25, -0.2) is 9.78 Å². The second-order valence-corrected chi connectivity index (χ2v) is 4.74. The van der Waals surface area contributed by atoms with Crippen LogP contribution in [0.3, 0.4) is 0 Å². The predicted molar refractivity (Wildman–Crippen MR) is 62.7 cm³/mol. The fourth-order valence-corrected chi connectivity index (χ4v) is 2.40. The lowest BCUT2D eigenvalue weighted by molar-refractivity contribution is 0.0293. The van der Waals surface area contributed by atoms with Crippen molar-refractivity contribution in [2.24, 2.45) is 5.92 Å². The second kappa shape index (κ2) is 5.96. The van der Waals surface area contributed by atoms with Crippen molar-refractivity contribution < 1.29 is 14.3 Å². The van der Waals surface area contributed by atoms with E-state index in [0.717, 1.165) is 5.01 Å². The zero-order valence-electron chi connectivity index (χ0n) is 10.0. The van der Waals surface area contributed by atoms with Gasteiger partial charge >= 0.3 is 5.97 Å². The molecule has 1 aromatic rings. The van der Waals surface area contributed by atoms with Gasteiger partial charge in [0.1, 0.15) is 16.0 Å². The summed E-state index contributed by atoms with van der Waals surface area (Å²) in [6.45, 7) is 6.72. The molecule has 90 valence electrons. The summed E-state index contributed by atoms with van der Waals surface area (Å²) in [6, 6.07) is 0. The van der Waals surface area contributed by atoms with Crippen LogP contribution in [0.4, 0.5) is 0 Å². The summed E-state index contributed by atoms with van der Waals surface area (Å²) in [5, 5.41) is 0.831. The van der Waals surface area contributed by atoms with E-state index in [1.54, 1.807) is 6.20 Å². The minimum Gasteiger partial charge on any atom is -0.465 e. The highest BCUT2D eigenvalue weighted by Crippen LogP contribution is 2.29. The highest BCUT2D eigenvalue weighted by atomic mass is 32.1. The zero-order valence-corrected chi connectivity index (χ0v) is 10.8. The van der Waals surface area contributed by atoms with E-state index in [1.165, 1.54) is 18.4 Å². The van der Waals surface area contributed by atoms with Crippen LogP contribution in [0.25, 0.3) is 0 Å². The average Bonchev–Trinajstić information content (AvgIpc) is 2.73. The van der Waals surface area contributed by atoms with Gasteiger partial charge in [-0.3, -0.25) is 0 Å². The molecule has 1 heterocycles. The highest BCUT2D eigenvalue weighted by molar-refractivity contribution is 7.13. The van der Waals surface area contributed by atoms with Crippen molar-refractivity contribution in [1.29, 1.82) is 0 Å². The third-order valence-electron chi connectivity index (χ3n) is 2.11. The molecule has 0 spiro atoms. The van der Waals surface area contributed by atoms with Crippen molar-refractivity contribution in [3.63, 3.8) is 0 Å². The summed E-state index contributed by atoms with van der Waals surface area (Å²) in [7, 11) is 1.37. The lowest BCUT2D eigenvalue weighted by Gasteiger charge is -2.17. The van der Waals surface area contributed by atoms with E-state index >= 15 is 0 Å². The minimum absolute atomic E-state index is 0.0478. The highest BCUT2D eigenvalue weighted by Gasteiger charge is 2.21. The maximum absolute atomic E-state index is 11.3. The van der Waals surface area contributed by atoms with Gasteiger partial charge in [-0.1, -0.05) is 13.8 Å². The molecule has 0 aliphatic carbocycles. The summed E-state index contributed by atoms with van der Waals surface area (Å²) in [5.41, 5.74) is 0. The normalized spacial score (nSPS) is 12.8. The Morgan fingerprint density at radius 1 is 1.56 bits per heavy atom. The Kier molecular flexibility index (Phi) is 4.89. The molecule has 0 bridgehead atoms. The van der Waals surface area contributed by atoms with Crippen LogP contribution in [-0.4, -0.2) is 24.7 Å². The predicted octanol–water partition coefficient (Wildman–Crippen LogP) is 2.66. The molecule has 1 aromatic heterocycles. The van der Waals surface area contributed by atoms with Gasteiger partial charge in [0.2, 0.25) is 0 Å². The van der Waals surface area contributed by atoms with Crippen LogP contribution >= 0.6 is 11.3 Å². The van der Waals surface area contributed by atoms with Crippen molar-refractivity contribution >= 4 is 17.3 Å². The van der Waals surface area contributed by atoms with Crippen molar-refractivity contribution in [2.75, 3.05) is 13.7 Å². The molecule has 0 radical (unpaired) electrons. The lowest BCUT2D eigenvalue weighted by Crippen LogP contribution is -2.10. The number of nitrogens with zero attached hydrogens (tertiary/aromatic N) is 1. The van der Waals surface area contributed by atoms with Gasteiger partial charge in [-0.2, -0.15) is 0 Å². The van der Waals surface area contributed by atoms with Gasteiger partial charge in [0.15, 0.2) is 0 Å². The summed E-state index contributed by atoms with van der Waals surface area (Å²) in [5.74, 6) is -0.0145. The van der Waals surface area contributed by atoms with Gasteiger partial charge in [-0.05, 0) is 12.8 Å². The smallest absolute Gasteiger partial charge is 0.349 e. The SMILES string of the molecule is CCOC(c1ncc(C(=O)OC)s1)C(C)C. The Labute approximate surface area is 99.6 Å². The molecule has 1 unspecified atom stereocenters. The minimum atomic E-state index is -0.345. The van der Waals surface area contributed by atoms with E-state index in [0.29, 0.717) is 17.4 Å². The number of carbonyl (C=O) groups excluding carboxylic acids is 1. The Morgan fingerprint density at radius 2 is 2.25 bits per heavy atom. The Balaban J connectivity index is 2.85. The molecule has 0 aliphatic heterocycles. The molecule has 16 heavy (non-hydrogen) atoms. The number of carbonyl (C=O) groups is 1. The lowest BCUT2D eigenvalue weighted by atomic mass is 10.1. The van der Waals surface area contributed by atoms with Crippen molar-refractivity contribution in [3.8, 4) is 0 Å². The first-order valence-corrected chi connectivity index (χ1v) is 6.07. The van der Waals surface area contributed by atoms with Gasteiger partial charge in [-0.15, -0.1) is 11.3 Å². The van der Waals surface area contributed by atoms with E-state index in [-0.39, 0.29) is 12.1 Å². The van der Waals surface area contributed by atoms with Gasteiger partial charge in [0.05, 0.1) is 13.3 Å². The average molecular weight is 243 g/mol. The van der Waals surface area contributed by atoms with E-state index in [2.05, 4.69) is 23.6 Å². The Bertz CT molecular complexity index is 349. The first kappa shape index (κ1) is 13.1. The quantitative estimate of drug-likeness (QED) is 0.746. The molecule has 1 atom stereocenters. The Morgan fingerprint density at radius 3 is 2.75 bits per heavy atom. The number of rotatable bonds is 5. The molecule has 0 saturated carbocycles. The third kappa shape index (κ3) is 3.02. The van der Waals surface area contributed by atoms with Crippen LogP contribution in [0, 0.1) is 5.92 Å². The molecule has 0 N–H and O–H groups in total. The van der Waals surface area contributed by atoms with Gasteiger partial charge in [0.25, 0.3) is 0 Å². The fraction of sp³-hybridized carbons (Fsp3) is 0.636. The zero-order chi connectivity index (χ0) is 12.1. The molecule has 5 heteroatoms. The second-order valence-electron chi connectivity index (χ2n) is 3.67. The maximum Gasteiger partial charge on any atom is 0.349 e. The largest absolute Gasteiger partial charge is 0.465 e. The van der Waals surface area contributed by atoms with E-state index in [4.69, 9.17) is 4.74 Å². The number of thiazole rings is 1. The van der Waals surface area contributed by atoms with Crippen LogP contribution in [0.15, 0.2) is 6.20 Å². The van der Waals surface area contributed by atoms with Crippen LogP contribution in [0.1, 0.15) is 41.6 Å². The first-order chi connectivity index (χ1) is 7.60. The number of esters is 1. The number of hydrogen-bond donors (Lipinski definition) is 0. The summed E-state index contributed by atoms with van der Waals surface area (Å²) < 4.78 is 10.3. The molecule has 0 fully saturated rings. The van der Waals surface area contributed by atoms with Crippen LogP contribution in [0.2, 0.25) is 0 Å². The standard InChI is InChI=1S/C11H17NO3S/c1-5-15-9(7(2)3)10-12-6-8(16-10)11(13)14-4/h6-7,9H,5H2,1-4H3. The number of methoxy groups -OCH3 is 1. The van der Waals surface area contributed by atoms with E-state index in [9.17, 15) is 4.79 Å². The molecular weight excluding hydrogens is 226 g/mol. The van der Waals surface area contributed by atoms with Crippen molar-refractivity contribution in [2.45, 2.75) is 26.9 Å². The fourth-order valence-electron chi connectivity index (χ4n) is 1.34. The molecule has 0 aliphatic rings. The molecule has 4 nitrogen and oxygen atoms in total. The van der Waals surface area contributed by atoms with E-state index < -0.39 is 0 Å². The molecule has 0 saturated heterocycles. The van der Waals surface area contributed by atoms with Gasteiger partial charge < -0.3 is 9.47 Å². The van der Waals surface area contributed by atoms with Crippen molar-refractivity contribution in [3.05, 3.63) is 16.1 Å². The molecular formula is C11H17NO3S. The monoisotopic (exact) mass is 243 g/mol. The number of aromatic nitrogens is 1. The van der Waals surface area contributed by atoms with Gasteiger partial charge in [0, 0.05) is 6.61 Å². The summed E-state index contributed by atoms with van der Waals surface area (Å²) in [4.78, 5) is 16.0. The summed E-state index contributed by atoms with van der Waals surface area (Å²) >= 11 is 1.33. The van der Waals surface area contributed by atoms with E-state index in [1.807, 2.05) is 6.92 Å². The maximum atomic E-state index is 11.3. The molecule has 1 rings (SSSR count). The summed E-state index contributed by atoms with van der Waals surface area (Å²) in [6.07, 6.45) is 1.49. The Hall–Kier alpha value is -0.940. The van der Waals surface area contributed by atoms with Crippen molar-refractivity contribution in [1.82, 2.24) is 4.98 Å². The van der Waals surface area contributed by atoms with Crippen LogP contribution < -0.4 is 0 Å². The molecule has 0 aromatic carbocycles. The molecule has 0 amide bonds. The number of hydrogen-bond acceptors (Lipinski definition) is 5.